The summed E-state index contributed by atoms with van der Waals surface area (Å²) in [4.78, 5) is 7.05. The number of sulfone groups is 1. The van der Waals surface area contributed by atoms with E-state index in [1.54, 1.807) is 24.3 Å². The third-order valence-electron chi connectivity index (χ3n) is 6.80. The van der Waals surface area contributed by atoms with Crippen molar-refractivity contribution in [3.63, 3.8) is 0 Å². The number of anilines is 1. The highest BCUT2D eigenvalue weighted by molar-refractivity contribution is 9.10. The molecule has 198 valence electrons. The highest BCUT2D eigenvalue weighted by atomic mass is 79.9. The van der Waals surface area contributed by atoms with Gasteiger partial charge in [0.1, 0.15) is 0 Å². The molecule has 1 aliphatic heterocycles. The fraction of sp³-hybridized carbons (Fsp3) is 0.276. The average molecular weight is 615 g/mol. The Morgan fingerprint density at radius 2 is 1.58 bits per heavy atom. The summed E-state index contributed by atoms with van der Waals surface area (Å²) in [5, 5.41) is 3.87. The molecule has 0 bridgehead atoms. The van der Waals surface area contributed by atoms with Gasteiger partial charge in [-0.05, 0) is 74.0 Å². The summed E-state index contributed by atoms with van der Waals surface area (Å²) in [7, 11) is -3.95. The zero-order valence-corrected chi connectivity index (χ0v) is 24.0. The van der Waals surface area contributed by atoms with E-state index in [4.69, 9.17) is 16.0 Å². The van der Waals surface area contributed by atoms with Crippen LogP contribution >= 0.6 is 27.5 Å². The number of rotatable bonds is 8. The molecule has 9 heteroatoms. The van der Waals surface area contributed by atoms with E-state index in [1.165, 1.54) is 12.8 Å². The molecule has 3 aromatic carbocycles. The van der Waals surface area contributed by atoms with Gasteiger partial charge in [0, 0.05) is 21.6 Å². The maximum absolute atomic E-state index is 13.7. The Morgan fingerprint density at radius 3 is 2.26 bits per heavy atom. The van der Waals surface area contributed by atoms with Crippen LogP contribution < -0.4 is 5.32 Å². The smallest absolute Gasteiger partial charge is 0.233 e. The summed E-state index contributed by atoms with van der Waals surface area (Å²) in [6, 6.07) is 23.6. The van der Waals surface area contributed by atoms with Gasteiger partial charge in [0.2, 0.25) is 26.6 Å². The molecule has 0 amide bonds. The molecule has 2 heterocycles. The summed E-state index contributed by atoms with van der Waals surface area (Å²) in [5.41, 5.74) is 1.70. The van der Waals surface area contributed by atoms with Crippen molar-refractivity contribution >= 4 is 43.3 Å². The first kappa shape index (κ1) is 26.9. The highest BCUT2D eigenvalue weighted by Crippen LogP contribution is 2.35. The molecular formula is C29H29BrClN3O3S. The first-order valence-electron chi connectivity index (χ1n) is 12.7. The zero-order valence-electron chi connectivity index (χ0n) is 20.8. The molecule has 1 aliphatic rings. The largest absolute Gasteiger partial charge is 0.419 e. The third kappa shape index (κ3) is 5.99. The van der Waals surface area contributed by atoms with Crippen molar-refractivity contribution in [1.82, 2.24) is 9.88 Å². The lowest BCUT2D eigenvalue weighted by atomic mass is 10.0. The van der Waals surface area contributed by atoms with E-state index in [1.807, 2.05) is 54.6 Å². The number of hydrogen-bond acceptors (Lipinski definition) is 6. The number of likely N-dealkylation sites (tertiary alicyclic amines) is 1. The number of nitrogens with one attached hydrogen (secondary N) is 1. The van der Waals surface area contributed by atoms with Crippen LogP contribution in [0.3, 0.4) is 0 Å². The molecule has 1 atom stereocenters. The lowest BCUT2D eigenvalue weighted by molar-refractivity contribution is 0.213. The molecule has 0 radical (unpaired) electrons. The molecular weight excluding hydrogens is 586 g/mol. The third-order valence-corrected chi connectivity index (χ3v) is 9.35. The van der Waals surface area contributed by atoms with Crippen LogP contribution in [0, 0.1) is 0 Å². The molecule has 1 fully saturated rings. The molecule has 0 aliphatic carbocycles. The van der Waals surface area contributed by atoms with Crippen LogP contribution in [-0.4, -0.2) is 37.9 Å². The highest BCUT2D eigenvalue weighted by Gasteiger charge is 2.30. The lowest BCUT2D eigenvalue weighted by Crippen LogP contribution is -2.34. The van der Waals surface area contributed by atoms with E-state index in [0.717, 1.165) is 36.0 Å². The first-order chi connectivity index (χ1) is 18.4. The van der Waals surface area contributed by atoms with Crippen LogP contribution in [0.1, 0.15) is 37.3 Å². The standard InChI is InChI=1S/C29H29BrClN3O3S/c30-22-14-16-23(17-15-22)38(35,36)29-28(37-27(33-29)21-10-4-3-5-11-21)32-20-26(24-12-6-7-13-25(24)31)34-18-8-1-2-9-19-34/h3-7,10-17,26,32H,1-2,8-9,18-20H2. The van der Waals surface area contributed by atoms with E-state index in [0.29, 0.717) is 17.1 Å². The number of hydrogen-bond donors (Lipinski definition) is 1. The molecule has 0 spiro atoms. The summed E-state index contributed by atoms with van der Waals surface area (Å²) in [5.74, 6) is 0.367. The van der Waals surface area contributed by atoms with Crippen molar-refractivity contribution in [1.29, 1.82) is 0 Å². The minimum Gasteiger partial charge on any atom is -0.419 e. The molecule has 5 rings (SSSR count). The Kier molecular flexibility index (Phi) is 8.53. The van der Waals surface area contributed by atoms with Crippen molar-refractivity contribution < 1.29 is 12.8 Å². The van der Waals surface area contributed by atoms with Crippen molar-refractivity contribution in [2.24, 2.45) is 0 Å². The Morgan fingerprint density at radius 1 is 0.921 bits per heavy atom. The van der Waals surface area contributed by atoms with Crippen LogP contribution in [0.25, 0.3) is 11.5 Å². The second-order valence-electron chi connectivity index (χ2n) is 9.35. The van der Waals surface area contributed by atoms with Gasteiger partial charge in [0.15, 0.2) is 0 Å². The topological polar surface area (TPSA) is 75.4 Å². The monoisotopic (exact) mass is 613 g/mol. The van der Waals surface area contributed by atoms with E-state index in [2.05, 4.69) is 31.1 Å². The molecule has 1 N–H and O–H groups in total. The summed E-state index contributed by atoms with van der Waals surface area (Å²) >= 11 is 10.0. The summed E-state index contributed by atoms with van der Waals surface area (Å²) in [6.45, 7) is 2.32. The van der Waals surface area contributed by atoms with Crippen LogP contribution in [-0.2, 0) is 9.84 Å². The fourth-order valence-corrected chi connectivity index (χ4v) is 6.61. The normalized spacial score (nSPS) is 15.6. The average Bonchev–Trinajstić information content (AvgIpc) is 3.19. The van der Waals surface area contributed by atoms with Gasteiger partial charge < -0.3 is 9.73 Å². The molecule has 38 heavy (non-hydrogen) atoms. The van der Waals surface area contributed by atoms with Gasteiger partial charge in [-0.3, -0.25) is 4.90 Å². The fourth-order valence-electron chi connectivity index (χ4n) is 4.81. The predicted octanol–water partition coefficient (Wildman–Crippen LogP) is 7.62. The van der Waals surface area contributed by atoms with Gasteiger partial charge in [0.05, 0.1) is 10.9 Å². The lowest BCUT2D eigenvalue weighted by Gasteiger charge is -2.31. The summed E-state index contributed by atoms with van der Waals surface area (Å²) < 4.78 is 34.3. The minimum atomic E-state index is -3.95. The number of halogens is 2. The maximum atomic E-state index is 13.7. The number of aromatic nitrogens is 1. The Balaban J connectivity index is 1.53. The molecule has 1 aromatic heterocycles. The minimum absolute atomic E-state index is 0.0599. The molecule has 6 nitrogen and oxygen atoms in total. The van der Waals surface area contributed by atoms with Crippen molar-refractivity contribution in [3.05, 3.63) is 93.9 Å². The zero-order chi connectivity index (χ0) is 26.5. The quantitative estimate of drug-likeness (QED) is 0.220. The number of nitrogens with zero attached hydrogens (tertiary/aromatic N) is 2. The molecule has 1 unspecified atom stereocenters. The first-order valence-corrected chi connectivity index (χ1v) is 15.4. The number of oxazole rings is 1. The van der Waals surface area contributed by atoms with Crippen molar-refractivity contribution in [2.45, 2.75) is 41.6 Å². The van der Waals surface area contributed by atoms with Crippen LogP contribution in [0.4, 0.5) is 5.88 Å². The van der Waals surface area contributed by atoms with Gasteiger partial charge >= 0.3 is 0 Å². The van der Waals surface area contributed by atoms with Gasteiger partial charge in [0.25, 0.3) is 0 Å². The van der Waals surface area contributed by atoms with Crippen molar-refractivity contribution in [2.75, 3.05) is 25.0 Å². The maximum Gasteiger partial charge on any atom is 0.233 e. The van der Waals surface area contributed by atoms with Gasteiger partial charge in [-0.25, -0.2) is 8.42 Å². The molecule has 1 saturated heterocycles. The summed E-state index contributed by atoms with van der Waals surface area (Å²) in [6.07, 6.45) is 4.64. The van der Waals surface area contributed by atoms with E-state index in [9.17, 15) is 8.42 Å². The number of benzene rings is 3. The Labute approximate surface area is 237 Å². The second kappa shape index (κ2) is 12.0. The van der Waals surface area contributed by atoms with Crippen LogP contribution in [0.2, 0.25) is 5.02 Å². The SMILES string of the molecule is O=S(=O)(c1ccc(Br)cc1)c1nc(-c2ccccc2)oc1NCC(c1ccccc1Cl)N1CCCCCC1. The van der Waals surface area contributed by atoms with Gasteiger partial charge in [-0.1, -0.05) is 76.8 Å². The van der Waals surface area contributed by atoms with E-state index >= 15 is 0 Å². The molecule has 4 aromatic rings. The Bertz CT molecular complexity index is 1470. The van der Waals surface area contributed by atoms with E-state index in [-0.39, 0.29) is 27.7 Å². The van der Waals surface area contributed by atoms with Crippen LogP contribution in [0.5, 0.6) is 0 Å². The van der Waals surface area contributed by atoms with Crippen molar-refractivity contribution in [3.8, 4) is 11.5 Å². The molecule has 0 saturated carbocycles. The second-order valence-corrected chi connectivity index (χ2v) is 12.5. The van der Waals surface area contributed by atoms with Gasteiger partial charge in [-0.2, -0.15) is 4.98 Å². The van der Waals surface area contributed by atoms with Crippen LogP contribution in [0.15, 0.2) is 97.7 Å². The van der Waals surface area contributed by atoms with E-state index < -0.39 is 9.84 Å². The predicted molar refractivity (Wildman–Crippen MR) is 154 cm³/mol. The Hall–Kier alpha value is -2.65. The van der Waals surface area contributed by atoms with Gasteiger partial charge in [-0.15, -0.1) is 0 Å².